The molecular weight excluding hydrogens is 274 g/mol. The van der Waals surface area contributed by atoms with Gasteiger partial charge in [-0.2, -0.15) is 0 Å². The molecule has 0 amide bonds. The second-order valence-corrected chi connectivity index (χ2v) is 5.09. The van der Waals surface area contributed by atoms with Crippen LogP contribution in [0.3, 0.4) is 0 Å². The Bertz CT molecular complexity index is 587. The SMILES string of the molecule is O=C(CSNCc1ccccc1)c1ccc(O)c(O)c1. The standard InChI is InChI=1S/C15H15NO3S/c17-13-7-6-12(8-14(13)18)15(19)10-20-16-9-11-4-2-1-3-5-11/h1-8,16-18H,9-10H2. The highest BCUT2D eigenvalue weighted by Crippen LogP contribution is 2.25. The zero-order chi connectivity index (χ0) is 14.4. The first kappa shape index (κ1) is 14.4. The molecule has 2 aromatic carbocycles. The second-order valence-electron chi connectivity index (χ2n) is 4.22. The number of ketones is 1. The van der Waals surface area contributed by atoms with Gasteiger partial charge in [0.1, 0.15) is 0 Å². The number of rotatable bonds is 6. The molecule has 0 aliphatic rings. The Morgan fingerprint density at radius 3 is 2.50 bits per heavy atom. The Kier molecular flexibility index (Phi) is 5.03. The average Bonchev–Trinajstić information content (AvgIpc) is 2.47. The van der Waals surface area contributed by atoms with Gasteiger partial charge in [0, 0.05) is 12.1 Å². The van der Waals surface area contributed by atoms with E-state index in [0.29, 0.717) is 12.1 Å². The van der Waals surface area contributed by atoms with Gasteiger partial charge in [0.2, 0.25) is 0 Å². The molecule has 0 aromatic heterocycles. The number of carbonyl (C=O) groups is 1. The highest BCUT2D eigenvalue weighted by atomic mass is 32.2. The second kappa shape index (κ2) is 6.98. The lowest BCUT2D eigenvalue weighted by Crippen LogP contribution is -2.09. The van der Waals surface area contributed by atoms with Gasteiger partial charge in [0.25, 0.3) is 0 Å². The lowest BCUT2D eigenvalue weighted by Gasteiger charge is -2.05. The fourth-order valence-electron chi connectivity index (χ4n) is 1.63. The van der Waals surface area contributed by atoms with Gasteiger partial charge in [-0.25, -0.2) is 0 Å². The molecule has 0 fully saturated rings. The number of hydrogen-bond donors (Lipinski definition) is 3. The molecule has 5 heteroatoms. The minimum absolute atomic E-state index is 0.106. The van der Waals surface area contributed by atoms with Crippen LogP contribution in [0.15, 0.2) is 48.5 Å². The Hall–Kier alpha value is -1.98. The zero-order valence-electron chi connectivity index (χ0n) is 10.7. The molecule has 0 spiro atoms. The fraction of sp³-hybridized carbons (Fsp3) is 0.133. The molecule has 2 aromatic rings. The Balaban J connectivity index is 1.79. The van der Waals surface area contributed by atoms with E-state index in [0.717, 1.165) is 5.56 Å². The van der Waals surface area contributed by atoms with Crippen molar-refractivity contribution >= 4 is 17.7 Å². The zero-order valence-corrected chi connectivity index (χ0v) is 11.6. The van der Waals surface area contributed by atoms with Crippen molar-refractivity contribution in [3.63, 3.8) is 0 Å². The summed E-state index contributed by atoms with van der Waals surface area (Å²) < 4.78 is 3.11. The topological polar surface area (TPSA) is 69.6 Å². The molecule has 0 radical (unpaired) electrons. The molecule has 4 nitrogen and oxygen atoms in total. The first-order valence-electron chi connectivity index (χ1n) is 6.10. The number of nitrogens with one attached hydrogen (secondary N) is 1. The van der Waals surface area contributed by atoms with E-state index in [1.807, 2.05) is 30.3 Å². The molecule has 0 atom stereocenters. The van der Waals surface area contributed by atoms with E-state index in [1.165, 1.54) is 30.1 Å². The Morgan fingerprint density at radius 1 is 1.05 bits per heavy atom. The average molecular weight is 289 g/mol. The van der Waals surface area contributed by atoms with Crippen LogP contribution in [0.2, 0.25) is 0 Å². The Labute approximate surface area is 121 Å². The van der Waals surface area contributed by atoms with E-state index in [-0.39, 0.29) is 23.0 Å². The summed E-state index contributed by atoms with van der Waals surface area (Å²) in [5, 5.41) is 18.5. The summed E-state index contributed by atoms with van der Waals surface area (Å²) in [5.41, 5.74) is 1.53. The largest absolute Gasteiger partial charge is 0.504 e. The van der Waals surface area contributed by atoms with Crippen molar-refractivity contribution in [3.05, 3.63) is 59.7 Å². The van der Waals surface area contributed by atoms with Crippen molar-refractivity contribution in [2.75, 3.05) is 5.75 Å². The van der Waals surface area contributed by atoms with Crippen LogP contribution in [-0.4, -0.2) is 21.7 Å². The molecule has 104 valence electrons. The molecule has 0 aliphatic carbocycles. The summed E-state index contributed by atoms with van der Waals surface area (Å²) in [4.78, 5) is 11.9. The van der Waals surface area contributed by atoms with Crippen LogP contribution in [-0.2, 0) is 6.54 Å². The smallest absolute Gasteiger partial charge is 0.174 e. The van der Waals surface area contributed by atoms with E-state index in [9.17, 15) is 15.0 Å². The molecule has 0 saturated heterocycles. The monoisotopic (exact) mass is 289 g/mol. The van der Waals surface area contributed by atoms with Gasteiger partial charge < -0.3 is 10.2 Å². The van der Waals surface area contributed by atoms with E-state index >= 15 is 0 Å². The third-order valence-corrected chi connectivity index (χ3v) is 3.48. The van der Waals surface area contributed by atoms with Gasteiger partial charge in [-0.3, -0.25) is 9.52 Å². The summed E-state index contributed by atoms with van der Waals surface area (Å²) in [7, 11) is 0. The maximum absolute atomic E-state index is 11.9. The number of phenolic OH excluding ortho intramolecular Hbond substituents is 2. The molecule has 0 unspecified atom stereocenters. The maximum atomic E-state index is 11.9. The van der Waals surface area contributed by atoms with Crippen molar-refractivity contribution in [2.45, 2.75) is 6.54 Å². The molecular formula is C15H15NO3S. The minimum atomic E-state index is -0.280. The van der Waals surface area contributed by atoms with E-state index in [4.69, 9.17) is 0 Å². The quantitative estimate of drug-likeness (QED) is 0.330. The van der Waals surface area contributed by atoms with Crippen LogP contribution in [0.1, 0.15) is 15.9 Å². The number of benzene rings is 2. The molecule has 0 heterocycles. The van der Waals surface area contributed by atoms with Crippen LogP contribution in [0.4, 0.5) is 0 Å². The number of carbonyl (C=O) groups excluding carboxylic acids is 1. The van der Waals surface area contributed by atoms with Gasteiger partial charge in [-0.05, 0) is 23.8 Å². The summed E-state index contributed by atoms with van der Waals surface area (Å²) in [5.74, 6) is -0.350. The molecule has 0 aliphatic heterocycles. The number of phenols is 2. The van der Waals surface area contributed by atoms with Crippen molar-refractivity contribution < 1.29 is 15.0 Å². The van der Waals surface area contributed by atoms with Crippen LogP contribution in [0.5, 0.6) is 11.5 Å². The van der Waals surface area contributed by atoms with Gasteiger partial charge in [-0.1, -0.05) is 42.3 Å². The fourth-order valence-corrected chi connectivity index (χ4v) is 2.30. The third kappa shape index (κ3) is 4.01. The van der Waals surface area contributed by atoms with Crippen LogP contribution in [0, 0.1) is 0 Å². The number of Topliss-reactive ketones (excluding diaryl/α,β-unsaturated/α-hetero) is 1. The van der Waals surface area contributed by atoms with Crippen LogP contribution < -0.4 is 4.72 Å². The van der Waals surface area contributed by atoms with Crippen molar-refractivity contribution in [1.29, 1.82) is 0 Å². The van der Waals surface area contributed by atoms with Gasteiger partial charge >= 0.3 is 0 Å². The highest BCUT2D eigenvalue weighted by Gasteiger charge is 2.08. The normalized spacial score (nSPS) is 10.4. The summed E-state index contributed by atoms with van der Waals surface area (Å²) in [6.07, 6.45) is 0. The van der Waals surface area contributed by atoms with Crippen molar-refractivity contribution in [3.8, 4) is 11.5 Å². The lowest BCUT2D eigenvalue weighted by molar-refractivity contribution is 0.102. The van der Waals surface area contributed by atoms with Crippen molar-refractivity contribution in [1.82, 2.24) is 4.72 Å². The predicted molar refractivity (Wildman–Crippen MR) is 79.8 cm³/mol. The van der Waals surface area contributed by atoms with E-state index in [2.05, 4.69) is 4.72 Å². The van der Waals surface area contributed by atoms with E-state index in [1.54, 1.807) is 0 Å². The molecule has 20 heavy (non-hydrogen) atoms. The van der Waals surface area contributed by atoms with Gasteiger partial charge in [0.05, 0.1) is 5.75 Å². The van der Waals surface area contributed by atoms with Crippen LogP contribution in [0.25, 0.3) is 0 Å². The Morgan fingerprint density at radius 2 is 1.80 bits per heavy atom. The number of hydrogen-bond acceptors (Lipinski definition) is 5. The summed E-state index contributed by atoms with van der Waals surface area (Å²) >= 11 is 1.32. The van der Waals surface area contributed by atoms with Crippen molar-refractivity contribution in [2.24, 2.45) is 0 Å². The third-order valence-electron chi connectivity index (χ3n) is 2.72. The molecule has 2 rings (SSSR count). The van der Waals surface area contributed by atoms with Crippen LogP contribution >= 0.6 is 11.9 Å². The van der Waals surface area contributed by atoms with Gasteiger partial charge in [-0.15, -0.1) is 0 Å². The highest BCUT2D eigenvalue weighted by molar-refractivity contribution is 7.98. The number of aromatic hydroxyl groups is 2. The minimum Gasteiger partial charge on any atom is -0.504 e. The molecule has 0 bridgehead atoms. The predicted octanol–water partition coefficient (Wildman–Crippen LogP) is 2.72. The molecule has 0 saturated carbocycles. The molecule has 3 N–H and O–H groups in total. The van der Waals surface area contributed by atoms with Gasteiger partial charge in [0.15, 0.2) is 17.3 Å². The van der Waals surface area contributed by atoms with E-state index < -0.39 is 0 Å². The first-order valence-corrected chi connectivity index (χ1v) is 7.09. The summed E-state index contributed by atoms with van der Waals surface area (Å²) in [6.45, 7) is 0.680. The lowest BCUT2D eigenvalue weighted by atomic mass is 10.1. The summed E-state index contributed by atoms with van der Waals surface area (Å²) in [6, 6.07) is 14.0. The first-order chi connectivity index (χ1) is 9.66. The maximum Gasteiger partial charge on any atom is 0.174 e.